The minimum absolute atomic E-state index is 0.663. The molecule has 0 aliphatic carbocycles. The topological polar surface area (TPSA) is 12.5 Å². The second-order valence-corrected chi connectivity index (χ2v) is 6.72. The Hall–Kier alpha value is -2.39. The summed E-state index contributed by atoms with van der Waals surface area (Å²) in [6.07, 6.45) is 1.05. The summed E-state index contributed by atoms with van der Waals surface area (Å²) in [4.78, 5) is 3.24. The summed E-state index contributed by atoms with van der Waals surface area (Å²) in [7, 11) is 0. The van der Waals surface area contributed by atoms with Crippen molar-refractivity contribution < 1.29 is 4.74 Å². The molecule has 3 aromatic carbocycles. The molecule has 0 aromatic heterocycles. The maximum Gasteiger partial charge on any atom is 0.127 e. The minimum Gasteiger partial charge on any atom is -0.493 e. The lowest BCUT2D eigenvalue weighted by molar-refractivity contribution is 0.344. The number of fused-ring (bicyclic) bond motifs is 2. The molecule has 0 N–H and O–H groups in total. The second kappa shape index (κ2) is 6.85. The van der Waals surface area contributed by atoms with E-state index in [4.69, 9.17) is 17.0 Å². The molecule has 0 saturated carbocycles. The quantitative estimate of drug-likeness (QED) is 0.621. The fourth-order valence-corrected chi connectivity index (χ4v) is 3.91. The van der Waals surface area contributed by atoms with E-state index in [1.54, 1.807) is 0 Å². The molecule has 25 heavy (non-hydrogen) atoms. The molecule has 0 atom stereocenters. The van der Waals surface area contributed by atoms with Gasteiger partial charge < -0.3 is 9.64 Å². The molecular weight excluding hydrogens is 326 g/mol. The first kappa shape index (κ1) is 16.1. The summed E-state index contributed by atoms with van der Waals surface area (Å²) in [5.74, 6) is 0.925. The Morgan fingerprint density at radius 2 is 1.68 bits per heavy atom. The van der Waals surface area contributed by atoms with Crippen LogP contribution in [0.5, 0.6) is 5.75 Å². The van der Waals surface area contributed by atoms with Gasteiger partial charge in [0.2, 0.25) is 0 Å². The molecule has 1 aliphatic rings. The lowest BCUT2D eigenvalue weighted by Crippen LogP contribution is -2.35. The van der Waals surface area contributed by atoms with Crippen molar-refractivity contribution in [3.05, 3.63) is 77.4 Å². The highest BCUT2D eigenvalue weighted by molar-refractivity contribution is 7.80. The Morgan fingerprint density at radius 1 is 0.960 bits per heavy atom. The monoisotopic (exact) mass is 347 g/mol. The molecule has 0 bridgehead atoms. The van der Waals surface area contributed by atoms with Crippen LogP contribution in [0.4, 0.5) is 0 Å². The van der Waals surface area contributed by atoms with E-state index in [-0.39, 0.29) is 0 Å². The summed E-state index contributed by atoms with van der Waals surface area (Å²) in [6, 6.07) is 21.2. The molecule has 2 nitrogen and oxygen atoms in total. The largest absolute Gasteiger partial charge is 0.493 e. The third kappa shape index (κ3) is 3.00. The molecule has 3 aromatic rings. The Kier molecular flexibility index (Phi) is 4.41. The van der Waals surface area contributed by atoms with E-state index in [9.17, 15) is 0 Å². The van der Waals surface area contributed by atoms with Gasteiger partial charge in [0.25, 0.3) is 0 Å². The first-order valence-corrected chi connectivity index (χ1v) is 9.19. The highest BCUT2D eigenvalue weighted by Gasteiger charge is 2.20. The Bertz CT molecular complexity index is 934. The van der Waals surface area contributed by atoms with E-state index in [0.29, 0.717) is 6.61 Å². The van der Waals surface area contributed by atoms with Gasteiger partial charge in [-0.2, -0.15) is 0 Å². The maximum atomic E-state index is 5.89. The van der Waals surface area contributed by atoms with Gasteiger partial charge in [-0.1, -0.05) is 60.7 Å². The van der Waals surface area contributed by atoms with Crippen LogP contribution < -0.4 is 4.74 Å². The highest BCUT2D eigenvalue weighted by Crippen LogP contribution is 2.30. The number of hydrogen-bond donors (Lipinski definition) is 0. The lowest BCUT2D eigenvalue weighted by Gasteiger charge is -2.31. The van der Waals surface area contributed by atoms with E-state index in [0.717, 1.165) is 46.6 Å². The molecule has 3 heteroatoms. The van der Waals surface area contributed by atoms with Crippen molar-refractivity contribution >= 4 is 28.0 Å². The number of hydrogen-bond acceptors (Lipinski definition) is 2. The number of thiocarbonyl (C=S) groups is 1. The van der Waals surface area contributed by atoms with E-state index in [1.165, 1.54) is 11.1 Å². The van der Waals surface area contributed by atoms with Gasteiger partial charge >= 0.3 is 0 Å². The van der Waals surface area contributed by atoms with Gasteiger partial charge in [0.15, 0.2) is 0 Å². The predicted molar refractivity (Wildman–Crippen MR) is 107 cm³/mol. The van der Waals surface area contributed by atoms with E-state index < -0.39 is 0 Å². The number of benzene rings is 3. The van der Waals surface area contributed by atoms with Gasteiger partial charge in [-0.3, -0.25) is 0 Å². The van der Waals surface area contributed by atoms with Crippen LogP contribution in [0.1, 0.15) is 23.6 Å². The Morgan fingerprint density at radius 3 is 2.48 bits per heavy atom. The minimum atomic E-state index is 0.663. The van der Waals surface area contributed by atoms with Crippen molar-refractivity contribution in [1.82, 2.24) is 4.90 Å². The van der Waals surface area contributed by atoms with Gasteiger partial charge in [0.05, 0.1) is 6.61 Å². The van der Waals surface area contributed by atoms with Gasteiger partial charge in [0.1, 0.15) is 10.7 Å². The number of ether oxygens (including phenoxy) is 1. The molecule has 1 aliphatic heterocycles. The van der Waals surface area contributed by atoms with Crippen molar-refractivity contribution in [3.8, 4) is 5.75 Å². The van der Waals surface area contributed by atoms with E-state index in [1.807, 2.05) is 13.0 Å². The van der Waals surface area contributed by atoms with E-state index >= 15 is 0 Å². The predicted octanol–water partition coefficient (Wildman–Crippen LogP) is 4.97. The summed E-state index contributed by atoms with van der Waals surface area (Å²) >= 11 is 5.89. The van der Waals surface area contributed by atoms with Gasteiger partial charge in [-0.25, -0.2) is 0 Å². The molecule has 4 rings (SSSR count). The van der Waals surface area contributed by atoms with Gasteiger partial charge in [0, 0.05) is 24.0 Å². The molecule has 0 unspecified atom stereocenters. The van der Waals surface area contributed by atoms with Crippen LogP contribution >= 0.6 is 12.2 Å². The van der Waals surface area contributed by atoms with Crippen LogP contribution in [0.25, 0.3) is 10.8 Å². The van der Waals surface area contributed by atoms with Crippen molar-refractivity contribution in [3.63, 3.8) is 0 Å². The van der Waals surface area contributed by atoms with Gasteiger partial charge in [-0.15, -0.1) is 0 Å². The Labute approximate surface area is 154 Å². The van der Waals surface area contributed by atoms with Crippen molar-refractivity contribution in [2.45, 2.75) is 19.9 Å². The average Bonchev–Trinajstić information content (AvgIpc) is 2.67. The fraction of sp³-hybridized carbons (Fsp3) is 0.227. The second-order valence-electron chi connectivity index (χ2n) is 6.34. The summed E-state index contributed by atoms with van der Waals surface area (Å²) < 4.78 is 5.79. The SMILES string of the molecule is CCOc1ccc(C(=S)N2CCc3ccccc3C2)c2ccccc12. The van der Waals surface area contributed by atoms with Crippen LogP contribution in [0.15, 0.2) is 60.7 Å². The summed E-state index contributed by atoms with van der Waals surface area (Å²) in [5.41, 5.74) is 3.94. The zero-order valence-electron chi connectivity index (χ0n) is 14.4. The van der Waals surface area contributed by atoms with Crippen molar-refractivity contribution in [2.75, 3.05) is 13.2 Å². The van der Waals surface area contributed by atoms with Crippen LogP contribution in [-0.2, 0) is 13.0 Å². The van der Waals surface area contributed by atoms with Crippen LogP contribution in [0.3, 0.4) is 0 Å². The average molecular weight is 347 g/mol. The third-order valence-electron chi connectivity index (χ3n) is 4.83. The molecular formula is C22H21NOS. The van der Waals surface area contributed by atoms with Gasteiger partial charge in [-0.05, 0) is 42.0 Å². The van der Waals surface area contributed by atoms with E-state index in [2.05, 4.69) is 59.5 Å². The van der Waals surface area contributed by atoms with Crippen LogP contribution in [0.2, 0.25) is 0 Å². The Balaban J connectivity index is 1.71. The third-order valence-corrected chi connectivity index (χ3v) is 5.31. The molecule has 0 spiro atoms. The fourth-order valence-electron chi connectivity index (χ4n) is 3.58. The standard InChI is InChI=1S/C22H21NOS/c1-2-24-21-12-11-20(18-9-5-6-10-19(18)21)22(25)23-14-13-16-7-3-4-8-17(16)15-23/h3-12H,2,13-15H2,1H3. The first-order valence-electron chi connectivity index (χ1n) is 8.78. The molecule has 0 fully saturated rings. The summed E-state index contributed by atoms with van der Waals surface area (Å²) in [5, 5.41) is 2.29. The molecule has 0 radical (unpaired) electrons. The maximum absolute atomic E-state index is 5.89. The van der Waals surface area contributed by atoms with Crippen molar-refractivity contribution in [1.29, 1.82) is 0 Å². The highest BCUT2D eigenvalue weighted by atomic mass is 32.1. The van der Waals surface area contributed by atoms with Crippen molar-refractivity contribution in [2.24, 2.45) is 0 Å². The zero-order chi connectivity index (χ0) is 17.2. The summed E-state index contributed by atoms with van der Waals surface area (Å²) in [6.45, 7) is 4.53. The number of rotatable bonds is 3. The zero-order valence-corrected chi connectivity index (χ0v) is 15.2. The molecule has 0 saturated heterocycles. The first-order chi connectivity index (χ1) is 12.3. The molecule has 126 valence electrons. The molecule has 0 amide bonds. The number of nitrogens with zero attached hydrogens (tertiary/aromatic N) is 1. The normalized spacial score (nSPS) is 13.6. The molecule has 1 heterocycles. The smallest absolute Gasteiger partial charge is 0.127 e. The van der Waals surface area contributed by atoms with Crippen LogP contribution in [-0.4, -0.2) is 23.0 Å². The van der Waals surface area contributed by atoms with Crippen LogP contribution in [0, 0.1) is 0 Å². The lowest BCUT2D eigenvalue weighted by atomic mass is 9.98.